The van der Waals surface area contributed by atoms with Gasteiger partial charge < -0.3 is 0 Å². The molecule has 1 aromatic rings. The van der Waals surface area contributed by atoms with Gasteiger partial charge in [0.25, 0.3) is 0 Å². The molecule has 0 N–H and O–H groups in total. The molecule has 0 saturated carbocycles. The molecule has 0 spiro atoms. The summed E-state index contributed by atoms with van der Waals surface area (Å²) in [5, 5.41) is 3.60. The lowest BCUT2D eigenvalue weighted by Gasteiger charge is -2.08. The molecule has 1 aromatic carbocycles. The molecule has 104 valence electrons. The lowest BCUT2D eigenvalue weighted by atomic mass is 10.1. The number of carbonyl (C=O) groups is 1. The van der Waals surface area contributed by atoms with Crippen LogP contribution in [0.2, 0.25) is 0 Å². The Morgan fingerprint density at radius 1 is 1.15 bits per heavy atom. The fourth-order valence-electron chi connectivity index (χ4n) is 1.46. The maximum absolute atomic E-state index is 11.9. The van der Waals surface area contributed by atoms with Crippen molar-refractivity contribution in [3.63, 3.8) is 0 Å². The Morgan fingerprint density at radius 3 is 2.45 bits per heavy atom. The van der Waals surface area contributed by atoms with E-state index in [1.54, 1.807) is 25.1 Å². The van der Waals surface area contributed by atoms with E-state index >= 15 is 0 Å². The molecule has 0 aliphatic heterocycles. The van der Waals surface area contributed by atoms with E-state index in [0.717, 1.165) is 0 Å². The summed E-state index contributed by atoms with van der Waals surface area (Å²) in [6.07, 6.45) is 2.76. The number of allylic oxidation sites excluding steroid dienone is 4. The minimum atomic E-state index is -3.96. The van der Waals surface area contributed by atoms with Crippen molar-refractivity contribution in [2.24, 2.45) is 5.16 Å². The van der Waals surface area contributed by atoms with Crippen molar-refractivity contribution >= 4 is 37.5 Å². The fourth-order valence-corrected chi connectivity index (χ4v) is 2.55. The Bertz CT molecular complexity index is 733. The molecule has 0 radical (unpaired) electrons. The Morgan fingerprint density at radius 2 is 1.80 bits per heavy atom. The van der Waals surface area contributed by atoms with Gasteiger partial charge in [0.1, 0.15) is 10.6 Å². The van der Waals surface area contributed by atoms with E-state index < -0.39 is 10.1 Å². The number of oxime groups is 1. The number of carbonyl (C=O) groups excluding carboxylic acids is 1. The topological polar surface area (TPSA) is 72.8 Å². The van der Waals surface area contributed by atoms with Crippen LogP contribution in [0, 0.1) is 0 Å². The number of ketones is 1. The van der Waals surface area contributed by atoms with Crippen LogP contribution < -0.4 is 0 Å². The smallest absolute Gasteiger partial charge is 0.289 e. The van der Waals surface area contributed by atoms with Crippen LogP contribution in [0.5, 0.6) is 0 Å². The van der Waals surface area contributed by atoms with E-state index in [1.807, 2.05) is 0 Å². The predicted octanol–water partition coefficient (Wildman–Crippen LogP) is 2.56. The summed E-state index contributed by atoms with van der Waals surface area (Å²) in [5.74, 6) is -0.202. The molecule has 5 nitrogen and oxygen atoms in total. The van der Waals surface area contributed by atoms with Gasteiger partial charge in [0.15, 0.2) is 5.78 Å². The second-order valence-corrected chi connectivity index (χ2v) is 6.39. The van der Waals surface area contributed by atoms with Crippen LogP contribution in [0.25, 0.3) is 0 Å². The molecule has 1 aliphatic rings. The molecule has 0 unspecified atom stereocenters. The number of hydrogen-bond acceptors (Lipinski definition) is 5. The molecular formula is C13H10BrNO4S. The number of benzene rings is 1. The third kappa shape index (κ3) is 3.23. The monoisotopic (exact) mass is 355 g/mol. The van der Waals surface area contributed by atoms with E-state index in [0.29, 0.717) is 10.1 Å². The van der Waals surface area contributed by atoms with Crippen molar-refractivity contribution in [1.82, 2.24) is 0 Å². The summed E-state index contributed by atoms with van der Waals surface area (Å²) in [7, 11) is -3.96. The third-order valence-electron chi connectivity index (χ3n) is 2.52. The van der Waals surface area contributed by atoms with Gasteiger partial charge in [-0.3, -0.25) is 9.08 Å². The van der Waals surface area contributed by atoms with Gasteiger partial charge in [-0.2, -0.15) is 8.42 Å². The molecule has 0 fully saturated rings. The fraction of sp³-hybridized carbons (Fsp3) is 0.0769. The summed E-state index contributed by atoms with van der Waals surface area (Å²) in [4.78, 5) is 11.4. The quantitative estimate of drug-likeness (QED) is 0.616. The molecule has 0 bridgehead atoms. The van der Waals surface area contributed by atoms with Gasteiger partial charge >= 0.3 is 10.1 Å². The minimum Gasteiger partial charge on any atom is -0.289 e. The van der Waals surface area contributed by atoms with Gasteiger partial charge in [-0.05, 0) is 52.7 Å². The first-order valence-electron chi connectivity index (χ1n) is 5.57. The molecular weight excluding hydrogens is 346 g/mol. The van der Waals surface area contributed by atoms with Gasteiger partial charge in [-0.1, -0.05) is 23.4 Å². The average Bonchev–Trinajstić information content (AvgIpc) is 2.42. The molecule has 0 amide bonds. The maximum atomic E-state index is 11.9. The second-order valence-electron chi connectivity index (χ2n) is 4.00. The van der Waals surface area contributed by atoms with Crippen LogP contribution in [0.15, 0.2) is 62.6 Å². The molecule has 20 heavy (non-hydrogen) atoms. The number of rotatable bonds is 3. The highest BCUT2D eigenvalue weighted by atomic mass is 79.9. The van der Waals surface area contributed by atoms with Gasteiger partial charge in [0.05, 0.1) is 4.48 Å². The molecule has 0 heterocycles. The first-order chi connectivity index (χ1) is 9.40. The number of nitrogens with zero attached hydrogens (tertiary/aromatic N) is 1. The molecule has 0 atom stereocenters. The standard InChI is InChI=1S/C13H10BrNO4S/c1-9-7-13(16)11(14)8-12(9)15-19-20(17,18)10-5-3-2-4-6-10/h2-8H,1H3/b15-12+. The Kier molecular flexibility index (Phi) is 4.20. The van der Waals surface area contributed by atoms with Gasteiger partial charge in [0, 0.05) is 0 Å². The summed E-state index contributed by atoms with van der Waals surface area (Å²) in [5.41, 5.74) is 0.803. The number of hydrogen-bond donors (Lipinski definition) is 0. The van der Waals surface area contributed by atoms with Crippen LogP contribution in [-0.2, 0) is 19.2 Å². The highest BCUT2D eigenvalue weighted by Crippen LogP contribution is 2.18. The van der Waals surface area contributed by atoms with Crippen molar-refractivity contribution in [2.75, 3.05) is 0 Å². The van der Waals surface area contributed by atoms with Gasteiger partial charge in [-0.15, -0.1) is 0 Å². The van der Waals surface area contributed by atoms with Gasteiger partial charge in [-0.25, -0.2) is 0 Å². The maximum Gasteiger partial charge on any atom is 0.358 e. The Hall–Kier alpha value is -1.73. The lowest BCUT2D eigenvalue weighted by Crippen LogP contribution is -2.11. The summed E-state index contributed by atoms with van der Waals surface area (Å²) in [6.45, 7) is 1.64. The van der Waals surface area contributed by atoms with Crippen molar-refractivity contribution in [3.8, 4) is 0 Å². The molecule has 2 rings (SSSR count). The van der Waals surface area contributed by atoms with Crippen molar-refractivity contribution < 1.29 is 17.5 Å². The Labute approximate surface area is 124 Å². The van der Waals surface area contributed by atoms with Crippen molar-refractivity contribution in [1.29, 1.82) is 0 Å². The highest BCUT2D eigenvalue weighted by Gasteiger charge is 2.18. The second kappa shape index (κ2) is 5.72. The predicted molar refractivity (Wildman–Crippen MR) is 77.9 cm³/mol. The van der Waals surface area contributed by atoms with E-state index in [2.05, 4.69) is 25.4 Å². The van der Waals surface area contributed by atoms with E-state index in [4.69, 9.17) is 0 Å². The van der Waals surface area contributed by atoms with Crippen LogP contribution in [0.4, 0.5) is 0 Å². The summed E-state index contributed by atoms with van der Waals surface area (Å²) >= 11 is 3.07. The highest BCUT2D eigenvalue weighted by molar-refractivity contribution is 9.12. The number of halogens is 1. The molecule has 7 heteroatoms. The lowest BCUT2D eigenvalue weighted by molar-refractivity contribution is -0.110. The third-order valence-corrected chi connectivity index (χ3v) is 4.26. The van der Waals surface area contributed by atoms with Crippen LogP contribution in [0.1, 0.15) is 6.92 Å². The molecule has 0 aromatic heterocycles. The zero-order valence-corrected chi connectivity index (χ0v) is 12.8. The van der Waals surface area contributed by atoms with Crippen molar-refractivity contribution in [3.05, 3.63) is 52.5 Å². The SMILES string of the molecule is CC1=CC(=O)C(Br)=C/C1=N\OS(=O)(=O)c1ccccc1. The van der Waals surface area contributed by atoms with Crippen LogP contribution in [-0.4, -0.2) is 19.9 Å². The Balaban J connectivity index is 2.26. The largest absolute Gasteiger partial charge is 0.358 e. The zero-order valence-electron chi connectivity index (χ0n) is 10.4. The summed E-state index contributed by atoms with van der Waals surface area (Å²) in [6, 6.07) is 7.70. The van der Waals surface area contributed by atoms with Crippen molar-refractivity contribution in [2.45, 2.75) is 11.8 Å². The van der Waals surface area contributed by atoms with Gasteiger partial charge in [0.2, 0.25) is 0 Å². The average molecular weight is 356 g/mol. The first-order valence-corrected chi connectivity index (χ1v) is 7.77. The molecule has 1 aliphatic carbocycles. The zero-order chi connectivity index (χ0) is 14.8. The summed E-state index contributed by atoms with van der Waals surface area (Å²) < 4.78 is 28.7. The van der Waals surface area contributed by atoms with E-state index in [1.165, 1.54) is 24.3 Å². The van der Waals surface area contributed by atoms with E-state index in [9.17, 15) is 13.2 Å². The minimum absolute atomic E-state index is 0.0147. The normalized spacial score (nSPS) is 17.7. The first kappa shape index (κ1) is 14.7. The van der Waals surface area contributed by atoms with Crippen LogP contribution >= 0.6 is 15.9 Å². The van der Waals surface area contributed by atoms with E-state index in [-0.39, 0.29) is 16.4 Å². The molecule has 0 saturated heterocycles. The van der Waals surface area contributed by atoms with Crippen LogP contribution in [0.3, 0.4) is 0 Å².